The highest BCUT2D eigenvalue weighted by molar-refractivity contribution is 7.98. The summed E-state index contributed by atoms with van der Waals surface area (Å²) < 4.78 is 11.7. The van der Waals surface area contributed by atoms with E-state index in [1.165, 1.54) is 12.8 Å². The van der Waals surface area contributed by atoms with Crippen molar-refractivity contribution in [1.82, 2.24) is 10.2 Å². The lowest BCUT2D eigenvalue weighted by Gasteiger charge is -2.40. The maximum Gasteiger partial charge on any atom is 0.289 e. The Morgan fingerprint density at radius 2 is 2.15 bits per heavy atom. The minimum atomic E-state index is -0.330. The molecule has 0 saturated carbocycles. The zero-order valence-electron chi connectivity index (χ0n) is 16.3. The van der Waals surface area contributed by atoms with Crippen molar-refractivity contribution in [3.63, 3.8) is 0 Å². The van der Waals surface area contributed by atoms with E-state index < -0.39 is 0 Å². The number of nitrogens with one attached hydrogen (secondary N) is 1. The van der Waals surface area contributed by atoms with Crippen LogP contribution in [0, 0.1) is 6.92 Å². The van der Waals surface area contributed by atoms with E-state index >= 15 is 0 Å². The second kappa shape index (κ2) is 9.15. The lowest BCUT2D eigenvalue weighted by molar-refractivity contribution is -0.120. The molecule has 2 saturated heterocycles. The van der Waals surface area contributed by atoms with E-state index in [2.05, 4.69) is 12.2 Å². The van der Waals surface area contributed by atoms with Gasteiger partial charge in [-0.2, -0.15) is 11.8 Å². The molecule has 6 nitrogen and oxygen atoms in total. The van der Waals surface area contributed by atoms with Gasteiger partial charge < -0.3 is 19.4 Å². The highest BCUT2D eigenvalue weighted by atomic mass is 32.2. The van der Waals surface area contributed by atoms with Gasteiger partial charge in [0.25, 0.3) is 5.91 Å². The molecule has 3 rings (SSSR count). The zero-order chi connectivity index (χ0) is 19.3. The maximum atomic E-state index is 12.8. The minimum absolute atomic E-state index is 0.0424. The Morgan fingerprint density at radius 3 is 2.89 bits per heavy atom. The van der Waals surface area contributed by atoms with Crippen LogP contribution in [0.25, 0.3) is 0 Å². The summed E-state index contributed by atoms with van der Waals surface area (Å²) >= 11 is 1.89. The molecular weight excluding hydrogens is 364 g/mol. The van der Waals surface area contributed by atoms with E-state index in [4.69, 9.17) is 9.15 Å². The molecule has 2 aliphatic rings. The van der Waals surface area contributed by atoms with Gasteiger partial charge in [-0.15, -0.1) is 0 Å². The molecule has 2 aliphatic heterocycles. The number of carbonyl (C=O) groups is 2. The van der Waals surface area contributed by atoms with Crippen molar-refractivity contribution in [3.8, 4) is 0 Å². The van der Waals surface area contributed by atoms with Gasteiger partial charge in [0.1, 0.15) is 5.76 Å². The molecule has 1 spiro atoms. The third-order valence-corrected chi connectivity index (χ3v) is 6.53. The topological polar surface area (TPSA) is 71.8 Å². The number of amides is 2. The molecule has 2 fully saturated rings. The van der Waals surface area contributed by atoms with Gasteiger partial charge in [-0.25, -0.2) is 0 Å². The Morgan fingerprint density at radius 1 is 1.37 bits per heavy atom. The van der Waals surface area contributed by atoms with Gasteiger partial charge in [0.05, 0.1) is 12.2 Å². The number of piperidine rings is 1. The number of ether oxygens (including phenoxy) is 1. The van der Waals surface area contributed by atoms with Crippen LogP contribution in [0.2, 0.25) is 0 Å². The van der Waals surface area contributed by atoms with Crippen LogP contribution in [0.5, 0.6) is 0 Å². The number of likely N-dealkylation sites (tertiary alicyclic amines) is 1. The van der Waals surface area contributed by atoms with Crippen molar-refractivity contribution >= 4 is 23.6 Å². The molecule has 0 radical (unpaired) electrons. The average Bonchev–Trinajstić information content (AvgIpc) is 2.94. The van der Waals surface area contributed by atoms with Gasteiger partial charge in [-0.05, 0) is 38.0 Å². The maximum absolute atomic E-state index is 12.8. The summed E-state index contributed by atoms with van der Waals surface area (Å²) in [6.07, 6.45) is 4.29. The van der Waals surface area contributed by atoms with Crippen molar-refractivity contribution < 1.29 is 18.7 Å². The van der Waals surface area contributed by atoms with Crippen LogP contribution in [0.3, 0.4) is 0 Å². The Balaban J connectivity index is 1.55. The van der Waals surface area contributed by atoms with Gasteiger partial charge >= 0.3 is 0 Å². The summed E-state index contributed by atoms with van der Waals surface area (Å²) in [6.45, 7) is 6.35. The molecular formula is C20H30N2O4S. The van der Waals surface area contributed by atoms with Crippen molar-refractivity contribution in [1.29, 1.82) is 0 Å². The standard InChI is InChI=1S/C20H30N2O4S/c1-3-4-11-27-13-16-12-17(26-15(16)2)19(24)22-8-6-20(7-9-22)14-21-18(23)5-10-25-20/h12H,3-11,13-14H2,1-2H3,(H,21,23). The van der Waals surface area contributed by atoms with Gasteiger partial charge in [0.2, 0.25) is 5.91 Å². The van der Waals surface area contributed by atoms with Crippen molar-refractivity contribution in [2.24, 2.45) is 0 Å². The smallest absolute Gasteiger partial charge is 0.289 e. The molecule has 150 valence electrons. The van der Waals surface area contributed by atoms with E-state index in [0.717, 1.165) is 35.7 Å². The summed E-state index contributed by atoms with van der Waals surface area (Å²) in [6, 6.07) is 1.91. The lowest BCUT2D eigenvalue weighted by atomic mass is 9.91. The zero-order valence-corrected chi connectivity index (χ0v) is 17.2. The fraction of sp³-hybridized carbons (Fsp3) is 0.700. The number of hydrogen-bond acceptors (Lipinski definition) is 5. The molecule has 1 aromatic heterocycles. The molecule has 0 atom stereocenters. The first-order valence-electron chi connectivity index (χ1n) is 9.90. The quantitative estimate of drug-likeness (QED) is 0.751. The van der Waals surface area contributed by atoms with Crippen LogP contribution in [0.1, 0.15) is 60.9 Å². The monoisotopic (exact) mass is 394 g/mol. The van der Waals surface area contributed by atoms with Crippen LogP contribution in [-0.4, -0.2) is 54.3 Å². The fourth-order valence-corrected chi connectivity index (χ4v) is 4.69. The molecule has 1 aromatic rings. The summed E-state index contributed by atoms with van der Waals surface area (Å²) in [5.74, 6) is 3.29. The molecule has 0 aliphatic carbocycles. The largest absolute Gasteiger partial charge is 0.456 e. The van der Waals surface area contributed by atoms with Crippen LogP contribution in [0.15, 0.2) is 10.5 Å². The van der Waals surface area contributed by atoms with E-state index in [1.54, 1.807) is 0 Å². The average molecular weight is 395 g/mol. The Kier molecular flexibility index (Phi) is 6.87. The number of hydrogen-bond donors (Lipinski definition) is 1. The molecule has 3 heterocycles. The molecule has 0 aromatic carbocycles. The third kappa shape index (κ3) is 5.08. The number of thioether (sulfide) groups is 1. The summed E-state index contributed by atoms with van der Waals surface area (Å²) in [7, 11) is 0. The van der Waals surface area contributed by atoms with E-state index in [1.807, 2.05) is 29.7 Å². The van der Waals surface area contributed by atoms with Gasteiger partial charge in [0, 0.05) is 37.4 Å². The number of carbonyl (C=O) groups excluding carboxylic acids is 2. The van der Waals surface area contributed by atoms with Gasteiger partial charge in [0.15, 0.2) is 5.76 Å². The number of unbranched alkanes of at least 4 members (excludes halogenated alkanes) is 1. The number of furan rings is 1. The summed E-state index contributed by atoms with van der Waals surface area (Å²) in [5.41, 5.74) is 0.783. The van der Waals surface area contributed by atoms with Crippen molar-refractivity contribution in [3.05, 3.63) is 23.2 Å². The molecule has 0 bridgehead atoms. The normalized spacial score (nSPS) is 19.8. The number of rotatable bonds is 6. The SMILES string of the molecule is CCCCSCc1cc(C(=O)N2CCC3(CC2)CNC(=O)CCO3)oc1C. The van der Waals surface area contributed by atoms with Crippen LogP contribution in [-0.2, 0) is 15.3 Å². The Bertz CT molecular complexity index is 665. The Labute approximate surface area is 165 Å². The first-order chi connectivity index (χ1) is 13.0. The molecule has 7 heteroatoms. The van der Waals surface area contributed by atoms with Crippen LogP contribution < -0.4 is 5.32 Å². The van der Waals surface area contributed by atoms with Crippen molar-refractivity contribution in [2.75, 3.05) is 32.0 Å². The van der Waals surface area contributed by atoms with E-state index in [9.17, 15) is 9.59 Å². The number of nitrogens with zero attached hydrogens (tertiary/aromatic N) is 1. The molecule has 1 N–H and O–H groups in total. The predicted octanol–water partition coefficient (Wildman–Crippen LogP) is 3.13. The van der Waals surface area contributed by atoms with E-state index in [-0.39, 0.29) is 17.4 Å². The second-order valence-electron chi connectivity index (χ2n) is 7.45. The first-order valence-corrected chi connectivity index (χ1v) is 11.1. The predicted molar refractivity (Wildman–Crippen MR) is 106 cm³/mol. The summed E-state index contributed by atoms with van der Waals surface area (Å²) in [5, 5.41) is 2.93. The molecule has 2 amide bonds. The second-order valence-corrected chi connectivity index (χ2v) is 8.55. The third-order valence-electron chi connectivity index (χ3n) is 5.44. The Hall–Kier alpha value is -1.47. The van der Waals surface area contributed by atoms with E-state index in [0.29, 0.717) is 38.4 Å². The van der Waals surface area contributed by atoms with Crippen LogP contribution >= 0.6 is 11.8 Å². The van der Waals surface area contributed by atoms with Crippen molar-refractivity contribution in [2.45, 2.75) is 57.3 Å². The highest BCUT2D eigenvalue weighted by Crippen LogP contribution is 2.29. The first kappa shape index (κ1) is 20.3. The molecule has 27 heavy (non-hydrogen) atoms. The van der Waals surface area contributed by atoms with Gasteiger partial charge in [-0.3, -0.25) is 9.59 Å². The molecule has 0 unspecified atom stereocenters. The fourth-order valence-electron chi connectivity index (χ4n) is 3.55. The van der Waals surface area contributed by atoms with Crippen LogP contribution in [0.4, 0.5) is 0 Å². The van der Waals surface area contributed by atoms with Gasteiger partial charge in [-0.1, -0.05) is 13.3 Å². The summed E-state index contributed by atoms with van der Waals surface area (Å²) in [4.78, 5) is 26.2. The highest BCUT2D eigenvalue weighted by Gasteiger charge is 2.39. The lowest BCUT2D eigenvalue weighted by Crippen LogP contribution is -2.52. The number of aryl methyl sites for hydroxylation is 1. The minimum Gasteiger partial charge on any atom is -0.456 e.